The van der Waals surface area contributed by atoms with E-state index < -0.39 is 12.0 Å². The third kappa shape index (κ3) is 4.53. The first-order chi connectivity index (χ1) is 9.65. The zero-order valence-electron chi connectivity index (χ0n) is 11.0. The van der Waals surface area contributed by atoms with E-state index in [1.807, 2.05) is 0 Å². The molecule has 0 saturated carbocycles. The molecule has 2 heterocycles. The maximum Gasteiger partial charge on any atom is 0.326 e. The molecule has 0 bridgehead atoms. The Bertz CT molecular complexity index is 446. The SMILES string of the molecule is O=C(CC1CSCCN1)N[C@@H](Cc1cnc[nH]1)C(=O)O. The molecule has 1 amide bonds. The predicted octanol–water partition coefficient (Wildman–Crippen LogP) is -0.383. The summed E-state index contributed by atoms with van der Waals surface area (Å²) < 4.78 is 0. The Hall–Kier alpha value is -1.54. The van der Waals surface area contributed by atoms with Crippen LogP contribution in [0.25, 0.3) is 0 Å². The third-order valence-electron chi connectivity index (χ3n) is 3.04. The summed E-state index contributed by atoms with van der Waals surface area (Å²) in [5.74, 6) is 0.650. The second kappa shape index (κ2) is 7.30. The summed E-state index contributed by atoms with van der Waals surface area (Å²) in [6.07, 6.45) is 3.55. The maximum absolute atomic E-state index is 11.9. The van der Waals surface area contributed by atoms with Gasteiger partial charge in [0, 0.05) is 48.8 Å². The lowest BCUT2D eigenvalue weighted by molar-refractivity contribution is -0.141. The molecular formula is C12H18N4O3S. The molecular weight excluding hydrogens is 280 g/mol. The maximum atomic E-state index is 11.9. The van der Waals surface area contributed by atoms with Gasteiger partial charge in [0.1, 0.15) is 6.04 Å². The van der Waals surface area contributed by atoms with Crippen LogP contribution >= 0.6 is 11.8 Å². The number of thioether (sulfide) groups is 1. The van der Waals surface area contributed by atoms with E-state index in [-0.39, 0.29) is 18.4 Å². The summed E-state index contributed by atoms with van der Waals surface area (Å²) in [5, 5.41) is 15.0. The van der Waals surface area contributed by atoms with Crippen LogP contribution in [-0.2, 0) is 16.0 Å². The van der Waals surface area contributed by atoms with Gasteiger partial charge in [-0.3, -0.25) is 4.79 Å². The van der Waals surface area contributed by atoms with E-state index >= 15 is 0 Å². The molecule has 0 aromatic carbocycles. The van der Waals surface area contributed by atoms with Crippen molar-refractivity contribution in [3.63, 3.8) is 0 Å². The summed E-state index contributed by atoms with van der Waals surface area (Å²) in [6, 6.07) is -0.811. The Morgan fingerprint density at radius 3 is 3.05 bits per heavy atom. The van der Waals surface area contributed by atoms with Crippen molar-refractivity contribution in [1.82, 2.24) is 20.6 Å². The van der Waals surface area contributed by atoms with Crippen molar-refractivity contribution in [2.24, 2.45) is 0 Å². The van der Waals surface area contributed by atoms with E-state index in [0.29, 0.717) is 12.1 Å². The molecule has 1 fully saturated rings. The predicted molar refractivity (Wildman–Crippen MR) is 75.6 cm³/mol. The zero-order valence-corrected chi connectivity index (χ0v) is 11.8. The normalized spacial score (nSPS) is 20.3. The van der Waals surface area contributed by atoms with Crippen molar-refractivity contribution in [3.05, 3.63) is 18.2 Å². The molecule has 8 heteroatoms. The molecule has 4 N–H and O–H groups in total. The van der Waals surface area contributed by atoms with Crippen LogP contribution in [0.5, 0.6) is 0 Å². The lowest BCUT2D eigenvalue weighted by Crippen LogP contribution is -2.46. The number of aliphatic carboxylic acids is 1. The number of imidazole rings is 1. The average molecular weight is 298 g/mol. The van der Waals surface area contributed by atoms with E-state index in [0.717, 1.165) is 18.1 Å². The number of nitrogens with one attached hydrogen (secondary N) is 3. The summed E-state index contributed by atoms with van der Waals surface area (Å²) in [4.78, 5) is 29.8. The number of carbonyl (C=O) groups is 2. The van der Waals surface area contributed by atoms with Crippen LogP contribution in [0.2, 0.25) is 0 Å². The summed E-state index contributed by atoms with van der Waals surface area (Å²) >= 11 is 1.80. The zero-order chi connectivity index (χ0) is 14.4. The van der Waals surface area contributed by atoms with Gasteiger partial charge in [-0.15, -0.1) is 0 Å². The Morgan fingerprint density at radius 1 is 1.60 bits per heavy atom. The smallest absolute Gasteiger partial charge is 0.326 e. The number of aromatic amines is 1. The van der Waals surface area contributed by atoms with Crippen molar-refractivity contribution in [1.29, 1.82) is 0 Å². The van der Waals surface area contributed by atoms with Gasteiger partial charge >= 0.3 is 5.97 Å². The third-order valence-corrected chi connectivity index (χ3v) is 4.17. The minimum absolute atomic E-state index is 0.121. The Kier molecular flexibility index (Phi) is 5.42. The van der Waals surface area contributed by atoms with E-state index in [2.05, 4.69) is 20.6 Å². The summed E-state index contributed by atoms with van der Waals surface area (Å²) in [7, 11) is 0. The number of carboxylic acid groups (broad SMARTS) is 1. The van der Waals surface area contributed by atoms with Gasteiger partial charge in [0.05, 0.1) is 6.33 Å². The molecule has 1 unspecified atom stereocenters. The van der Waals surface area contributed by atoms with E-state index in [4.69, 9.17) is 5.11 Å². The quantitative estimate of drug-likeness (QED) is 0.570. The topological polar surface area (TPSA) is 107 Å². The number of amides is 1. The highest BCUT2D eigenvalue weighted by Gasteiger charge is 2.23. The average Bonchev–Trinajstić information content (AvgIpc) is 2.92. The number of carboxylic acids is 1. The summed E-state index contributed by atoms with van der Waals surface area (Å²) in [6.45, 7) is 0.888. The molecule has 2 atom stereocenters. The number of rotatable bonds is 6. The van der Waals surface area contributed by atoms with Crippen LogP contribution in [-0.4, -0.2) is 57.1 Å². The standard InChI is InChI=1S/C12H18N4O3S/c17-11(4-9-6-20-2-1-14-9)16-10(12(18)19)3-8-5-13-7-15-8/h5,7,9-10,14H,1-4,6H2,(H,13,15)(H,16,17)(H,18,19)/t9?,10-/m0/s1. The van der Waals surface area contributed by atoms with Gasteiger partial charge in [-0.1, -0.05) is 0 Å². The minimum Gasteiger partial charge on any atom is -0.480 e. The molecule has 1 aromatic rings. The molecule has 0 radical (unpaired) electrons. The molecule has 20 heavy (non-hydrogen) atoms. The van der Waals surface area contributed by atoms with E-state index in [1.54, 1.807) is 18.0 Å². The fourth-order valence-corrected chi connectivity index (χ4v) is 2.99. The molecule has 7 nitrogen and oxygen atoms in total. The number of aromatic nitrogens is 2. The van der Waals surface area contributed by atoms with Crippen LogP contribution in [0.3, 0.4) is 0 Å². The largest absolute Gasteiger partial charge is 0.480 e. The van der Waals surface area contributed by atoms with Crippen LogP contribution in [0.4, 0.5) is 0 Å². The molecule has 110 valence electrons. The molecule has 0 spiro atoms. The van der Waals surface area contributed by atoms with Crippen LogP contribution in [0, 0.1) is 0 Å². The first kappa shape index (κ1) is 14.9. The first-order valence-corrected chi connectivity index (χ1v) is 7.61. The molecule has 0 aliphatic carbocycles. The van der Waals surface area contributed by atoms with Crippen molar-refractivity contribution < 1.29 is 14.7 Å². The van der Waals surface area contributed by atoms with Crippen LogP contribution in [0.15, 0.2) is 12.5 Å². The highest BCUT2D eigenvalue weighted by atomic mass is 32.2. The lowest BCUT2D eigenvalue weighted by Gasteiger charge is -2.23. The van der Waals surface area contributed by atoms with Gasteiger partial charge in [0.15, 0.2) is 0 Å². The van der Waals surface area contributed by atoms with Gasteiger partial charge < -0.3 is 20.7 Å². The number of carbonyl (C=O) groups excluding carboxylic acids is 1. The fourth-order valence-electron chi connectivity index (χ4n) is 2.04. The van der Waals surface area contributed by atoms with Crippen molar-refractivity contribution in [2.45, 2.75) is 24.9 Å². The van der Waals surface area contributed by atoms with E-state index in [9.17, 15) is 9.59 Å². The van der Waals surface area contributed by atoms with Crippen molar-refractivity contribution >= 4 is 23.6 Å². The second-order valence-corrected chi connectivity index (χ2v) is 5.82. The molecule has 2 rings (SSSR count). The summed E-state index contributed by atoms with van der Waals surface area (Å²) in [5.41, 5.74) is 0.684. The monoisotopic (exact) mass is 298 g/mol. The molecule has 1 aliphatic heterocycles. The molecule has 1 aliphatic rings. The highest BCUT2D eigenvalue weighted by molar-refractivity contribution is 7.99. The highest BCUT2D eigenvalue weighted by Crippen LogP contribution is 2.10. The van der Waals surface area contributed by atoms with Crippen LogP contribution < -0.4 is 10.6 Å². The van der Waals surface area contributed by atoms with Gasteiger partial charge in [-0.05, 0) is 0 Å². The Morgan fingerprint density at radius 2 is 2.45 bits per heavy atom. The number of hydrogen-bond donors (Lipinski definition) is 4. The van der Waals surface area contributed by atoms with Gasteiger partial charge in [-0.25, -0.2) is 9.78 Å². The Labute approximate surface area is 120 Å². The van der Waals surface area contributed by atoms with Crippen LogP contribution in [0.1, 0.15) is 12.1 Å². The van der Waals surface area contributed by atoms with E-state index in [1.165, 1.54) is 6.33 Å². The fraction of sp³-hybridized carbons (Fsp3) is 0.583. The van der Waals surface area contributed by atoms with Gasteiger partial charge in [-0.2, -0.15) is 11.8 Å². The lowest BCUT2D eigenvalue weighted by atomic mass is 10.1. The van der Waals surface area contributed by atoms with Gasteiger partial charge in [0.2, 0.25) is 5.91 Å². The van der Waals surface area contributed by atoms with Crippen molar-refractivity contribution in [3.8, 4) is 0 Å². The number of H-pyrrole nitrogens is 1. The first-order valence-electron chi connectivity index (χ1n) is 6.45. The number of nitrogens with zero attached hydrogens (tertiary/aromatic N) is 1. The minimum atomic E-state index is -1.04. The van der Waals surface area contributed by atoms with Crippen molar-refractivity contribution in [2.75, 3.05) is 18.1 Å². The second-order valence-electron chi connectivity index (χ2n) is 4.67. The molecule has 1 aromatic heterocycles. The number of hydrogen-bond acceptors (Lipinski definition) is 5. The van der Waals surface area contributed by atoms with Gasteiger partial charge in [0.25, 0.3) is 0 Å². The molecule has 1 saturated heterocycles. The Balaban J connectivity index is 1.83.